The van der Waals surface area contributed by atoms with Crippen molar-refractivity contribution in [3.8, 4) is 22.3 Å². The fourth-order valence-electron chi connectivity index (χ4n) is 9.20. The van der Waals surface area contributed by atoms with Crippen molar-refractivity contribution in [2.45, 2.75) is 103 Å². The molecule has 4 heteroatoms. The van der Waals surface area contributed by atoms with Gasteiger partial charge in [-0.3, -0.25) is 0 Å². The zero-order valence-electron chi connectivity index (χ0n) is 32.6. The Balaban J connectivity index is 0.00000281. The molecular weight excluding hydrogens is 743 g/mol. The Morgan fingerprint density at radius 3 is 1.62 bits per heavy atom. The fraction of sp³-hybridized carbons (Fsp3) is 0.391. The van der Waals surface area contributed by atoms with Crippen molar-refractivity contribution < 1.29 is 17.4 Å². The maximum Gasteiger partial charge on any atom is -0.147 e. The van der Waals surface area contributed by atoms with Crippen molar-refractivity contribution in [2.24, 2.45) is 5.92 Å². The van der Waals surface area contributed by atoms with Crippen molar-refractivity contribution >= 4 is 43.8 Å². The van der Waals surface area contributed by atoms with Gasteiger partial charge in [0.1, 0.15) is 0 Å². The Morgan fingerprint density at radius 2 is 1.16 bits per heavy atom. The molecule has 2 atom stereocenters. The monoisotopic (exact) mass is 800 g/mol. The van der Waals surface area contributed by atoms with Crippen LogP contribution in [0.5, 0.6) is 0 Å². The molecule has 0 aliphatic heterocycles. The standard InChI is InChI=1S/2C22H25.2CH3.2ClH.H2Si.Zr/c1-15(2)18-13-17-7-6-8-20(21(17)14-18)16-9-11-19(12-10-16)22(3,4)5;1-6-16-9-12-19(21-14-15(2)13-20(16)21)17-7-10-18(11-8-17)22(3,4)5;;;;;;/h6-15H,1-5H3;7-14H,6H2,1-5H3;2*1H3;2*1H;1H2;. The van der Waals surface area contributed by atoms with Crippen LogP contribution in [0.2, 0.25) is 9.26 Å². The van der Waals surface area contributed by atoms with Crippen LogP contribution >= 0.6 is 24.8 Å². The molecule has 0 fully saturated rings. The van der Waals surface area contributed by atoms with Crippen molar-refractivity contribution in [3.05, 3.63) is 129 Å². The summed E-state index contributed by atoms with van der Waals surface area (Å²) in [4.78, 5) is 0. The van der Waals surface area contributed by atoms with E-state index in [1.807, 2.05) is 0 Å². The molecule has 2 aliphatic rings. The normalized spacial score (nSPS) is 17.4. The number of allylic oxidation sites excluding steroid dienone is 2. The summed E-state index contributed by atoms with van der Waals surface area (Å²) in [6, 6.07) is 30.8. The molecule has 2 unspecified atom stereocenters. The average Bonchev–Trinajstić information content (AvgIpc) is 3.60. The largest absolute Gasteiger partial charge is 0.147 e. The molecule has 0 nitrogen and oxygen atoms in total. The van der Waals surface area contributed by atoms with Gasteiger partial charge in [0.15, 0.2) is 0 Å². The molecular formula is C46H60Cl2SiZr. The zero-order chi connectivity index (χ0) is 35.0. The molecule has 0 saturated carbocycles. The van der Waals surface area contributed by atoms with E-state index in [1.165, 1.54) is 50.1 Å². The number of halogens is 2. The van der Waals surface area contributed by atoms with Crippen LogP contribution in [0.15, 0.2) is 90.0 Å². The summed E-state index contributed by atoms with van der Waals surface area (Å²) in [5.74, 6) is 0.500. The second kappa shape index (κ2) is 14.1. The van der Waals surface area contributed by atoms with Crippen LogP contribution in [-0.2, 0) is 34.6 Å². The molecule has 50 heavy (non-hydrogen) atoms. The molecule has 0 radical (unpaired) electrons. The molecule has 0 amide bonds. The van der Waals surface area contributed by atoms with Gasteiger partial charge in [-0.15, -0.1) is 24.8 Å². The van der Waals surface area contributed by atoms with Crippen LogP contribution in [0.3, 0.4) is 0 Å². The summed E-state index contributed by atoms with van der Waals surface area (Å²) in [6.07, 6.45) is 6.28. The van der Waals surface area contributed by atoms with Gasteiger partial charge in [-0.05, 0) is 0 Å². The average molecular weight is 803 g/mol. The molecule has 0 aromatic heterocycles. The van der Waals surface area contributed by atoms with Crippen LogP contribution in [0, 0.1) is 5.92 Å². The van der Waals surface area contributed by atoms with Gasteiger partial charge in [0.2, 0.25) is 0 Å². The summed E-state index contributed by atoms with van der Waals surface area (Å²) in [6.45, 7) is 25.9. The second-order valence-electron chi connectivity index (χ2n) is 18.4. The third-order valence-electron chi connectivity index (χ3n) is 11.7. The van der Waals surface area contributed by atoms with E-state index in [1.54, 1.807) is 22.3 Å². The molecule has 4 aromatic rings. The fourth-order valence-corrected chi connectivity index (χ4v) is 29.7. The van der Waals surface area contributed by atoms with E-state index in [0.29, 0.717) is 13.2 Å². The maximum absolute atomic E-state index is 3.74. The van der Waals surface area contributed by atoms with Gasteiger partial charge in [0.05, 0.1) is 0 Å². The van der Waals surface area contributed by atoms with Gasteiger partial charge in [-0.25, -0.2) is 0 Å². The summed E-state index contributed by atoms with van der Waals surface area (Å²) < 4.78 is 6.60. The van der Waals surface area contributed by atoms with E-state index in [-0.39, 0.29) is 35.6 Å². The van der Waals surface area contributed by atoms with Crippen molar-refractivity contribution in [2.75, 3.05) is 0 Å². The molecule has 6 rings (SSSR count). The number of hydrogen-bond acceptors (Lipinski definition) is 0. The SMILES string of the molecule is CCc1ccc(-c2ccc(C(C)(C)C)cc2)c2c1[CH]([Zr]([CH3])([CH3])(=[SiH2])[CH]1C(C(C)C)=Cc3c(-c4ccc(C(C)(C)C)cc4)cccc31)C(C)=C2.Cl.Cl. The quantitative estimate of drug-likeness (QED) is 0.170. The van der Waals surface area contributed by atoms with Crippen molar-refractivity contribution in [1.82, 2.24) is 0 Å². The van der Waals surface area contributed by atoms with E-state index in [4.69, 9.17) is 0 Å². The first-order valence-electron chi connectivity index (χ1n) is 18.3. The van der Waals surface area contributed by atoms with Gasteiger partial charge in [-0.2, -0.15) is 0 Å². The van der Waals surface area contributed by atoms with Crippen LogP contribution in [0.4, 0.5) is 0 Å². The Bertz CT molecular complexity index is 2020. The summed E-state index contributed by atoms with van der Waals surface area (Å²) in [5.41, 5.74) is 19.5. The number of hydrogen-bond donors (Lipinski definition) is 0. The Hall–Kier alpha value is -1.96. The summed E-state index contributed by atoms with van der Waals surface area (Å²) in [5, 5.41) is 0. The molecule has 0 bridgehead atoms. The number of rotatable bonds is 6. The van der Waals surface area contributed by atoms with E-state index >= 15 is 0 Å². The first-order valence-corrected chi connectivity index (χ1v) is 32.0. The Kier molecular flexibility index (Phi) is 11.5. The molecule has 0 heterocycles. The van der Waals surface area contributed by atoms with Gasteiger partial charge in [0, 0.05) is 0 Å². The molecule has 0 N–H and O–H groups in total. The van der Waals surface area contributed by atoms with Crippen molar-refractivity contribution in [3.63, 3.8) is 0 Å². The van der Waals surface area contributed by atoms with Crippen LogP contribution in [0.1, 0.15) is 115 Å². The molecule has 2 aliphatic carbocycles. The van der Waals surface area contributed by atoms with Crippen molar-refractivity contribution in [1.29, 1.82) is 0 Å². The molecule has 0 saturated heterocycles. The summed E-state index contributed by atoms with van der Waals surface area (Å²) in [7, 11) is 0. The molecule has 0 spiro atoms. The molecule has 4 aromatic carbocycles. The predicted octanol–water partition coefficient (Wildman–Crippen LogP) is 13.6. The van der Waals surface area contributed by atoms with E-state index < -0.39 is 17.4 Å². The maximum atomic E-state index is 2.79. The zero-order valence-corrected chi connectivity index (χ0v) is 38.1. The van der Waals surface area contributed by atoms with Gasteiger partial charge >= 0.3 is 297 Å². The van der Waals surface area contributed by atoms with E-state index in [9.17, 15) is 0 Å². The third kappa shape index (κ3) is 7.06. The van der Waals surface area contributed by atoms with Crippen LogP contribution < -0.4 is 0 Å². The third-order valence-corrected chi connectivity index (χ3v) is 29.2. The molecule has 266 valence electrons. The number of fused-ring (bicyclic) bond motifs is 2. The minimum Gasteiger partial charge on any atom is -0.147 e. The second-order valence-corrected chi connectivity index (χ2v) is 48.9. The number of benzene rings is 4. The minimum absolute atomic E-state index is 0. The predicted molar refractivity (Wildman–Crippen MR) is 227 cm³/mol. The van der Waals surface area contributed by atoms with Crippen LogP contribution in [-0.4, -0.2) is 6.88 Å². The minimum atomic E-state index is -3.74. The first-order chi connectivity index (χ1) is 22.3. The number of aryl methyl sites for hydroxylation is 1. The van der Waals surface area contributed by atoms with Gasteiger partial charge in [0.25, 0.3) is 0 Å². The topological polar surface area (TPSA) is 0 Å². The van der Waals surface area contributed by atoms with Crippen LogP contribution in [0.25, 0.3) is 34.4 Å². The van der Waals surface area contributed by atoms with Gasteiger partial charge < -0.3 is 0 Å². The smallest absolute Gasteiger partial charge is 0.147 e. The Labute approximate surface area is 319 Å². The Morgan fingerprint density at radius 1 is 0.660 bits per heavy atom. The first kappa shape index (κ1) is 40.8. The summed E-state index contributed by atoms with van der Waals surface area (Å²) >= 11 is -3.74. The van der Waals surface area contributed by atoms with E-state index in [0.717, 1.165) is 6.42 Å². The van der Waals surface area contributed by atoms with E-state index in [2.05, 4.69) is 176 Å². The van der Waals surface area contributed by atoms with Gasteiger partial charge in [-0.1, -0.05) is 0 Å².